The van der Waals surface area contributed by atoms with E-state index in [0.29, 0.717) is 0 Å². The van der Waals surface area contributed by atoms with E-state index in [1.54, 1.807) is 12.1 Å². The SMILES string of the molecule is Nc1cc(N)cc(CCCCCOCCCCCc2cc(N)cc(N)c2)c1. The zero-order valence-corrected chi connectivity index (χ0v) is 16.3. The highest BCUT2D eigenvalue weighted by Crippen LogP contribution is 2.17. The van der Waals surface area contributed by atoms with E-state index in [4.69, 9.17) is 27.7 Å². The van der Waals surface area contributed by atoms with Crippen molar-refractivity contribution in [2.45, 2.75) is 51.4 Å². The van der Waals surface area contributed by atoms with Crippen LogP contribution in [-0.4, -0.2) is 13.2 Å². The predicted octanol–water partition coefficient (Wildman–Crippen LogP) is 4.16. The number of hydrogen-bond acceptors (Lipinski definition) is 5. The molecule has 2 rings (SSSR count). The van der Waals surface area contributed by atoms with Gasteiger partial charge in [0.25, 0.3) is 0 Å². The minimum absolute atomic E-state index is 0.743. The third-order valence-corrected chi connectivity index (χ3v) is 4.58. The lowest BCUT2D eigenvalue weighted by Gasteiger charge is -2.07. The number of anilines is 4. The number of nitrogen functional groups attached to an aromatic ring is 4. The molecule has 0 spiro atoms. The number of ether oxygens (including phenoxy) is 1. The van der Waals surface area contributed by atoms with Crippen molar-refractivity contribution in [3.05, 3.63) is 47.5 Å². The highest BCUT2D eigenvalue weighted by atomic mass is 16.5. The van der Waals surface area contributed by atoms with Gasteiger partial charge in [0, 0.05) is 36.0 Å². The number of aryl methyl sites for hydroxylation is 2. The maximum atomic E-state index is 5.81. The Kier molecular flexibility index (Phi) is 8.78. The first-order valence-electron chi connectivity index (χ1n) is 9.90. The highest BCUT2D eigenvalue weighted by Gasteiger charge is 1.99. The molecule has 0 radical (unpaired) electrons. The molecular formula is C22H34N4O. The van der Waals surface area contributed by atoms with Crippen molar-refractivity contribution in [1.82, 2.24) is 0 Å². The Morgan fingerprint density at radius 1 is 0.481 bits per heavy atom. The number of rotatable bonds is 12. The third kappa shape index (κ3) is 8.69. The average molecular weight is 371 g/mol. The van der Waals surface area contributed by atoms with E-state index in [9.17, 15) is 0 Å². The lowest BCUT2D eigenvalue weighted by atomic mass is 10.1. The lowest BCUT2D eigenvalue weighted by molar-refractivity contribution is 0.126. The van der Waals surface area contributed by atoms with Gasteiger partial charge < -0.3 is 27.7 Å². The summed E-state index contributed by atoms with van der Waals surface area (Å²) in [6, 6.07) is 11.6. The first-order valence-corrected chi connectivity index (χ1v) is 9.90. The van der Waals surface area contributed by atoms with Gasteiger partial charge in [0.2, 0.25) is 0 Å². The van der Waals surface area contributed by atoms with E-state index in [1.165, 1.54) is 11.1 Å². The van der Waals surface area contributed by atoms with Crippen LogP contribution >= 0.6 is 0 Å². The molecule has 148 valence electrons. The molecule has 0 saturated carbocycles. The zero-order chi connectivity index (χ0) is 19.5. The van der Waals surface area contributed by atoms with Crippen molar-refractivity contribution in [3.8, 4) is 0 Å². The Morgan fingerprint density at radius 2 is 0.852 bits per heavy atom. The molecule has 0 amide bonds. The summed E-state index contributed by atoms with van der Waals surface area (Å²) in [6.07, 6.45) is 8.82. The third-order valence-electron chi connectivity index (χ3n) is 4.58. The van der Waals surface area contributed by atoms with Crippen LogP contribution in [0.1, 0.15) is 49.7 Å². The van der Waals surface area contributed by atoms with Crippen molar-refractivity contribution in [2.75, 3.05) is 36.1 Å². The average Bonchev–Trinajstić information content (AvgIpc) is 2.58. The van der Waals surface area contributed by atoms with Crippen molar-refractivity contribution >= 4 is 22.7 Å². The molecule has 2 aromatic carbocycles. The van der Waals surface area contributed by atoms with Crippen LogP contribution in [0.2, 0.25) is 0 Å². The van der Waals surface area contributed by atoms with Crippen LogP contribution < -0.4 is 22.9 Å². The van der Waals surface area contributed by atoms with Gasteiger partial charge in [-0.05, 0) is 86.1 Å². The van der Waals surface area contributed by atoms with E-state index in [0.717, 1.165) is 87.3 Å². The van der Waals surface area contributed by atoms with Gasteiger partial charge in [0.15, 0.2) is 0 Å². The molecule has 0 aromatic heterocycles. The molecule has 27 heavy (non-hydrogen) atoms. The summed E-state index contributed by atoms with van der Waals surface area (Å²) in [4.78, 5) is 0. The second-order valence-corrected chi connectivity index (χ2v) is 7.25. The number of unbranched alkanes of at least 4 members (excludes halogenated alkanes) is 4. The summed E-state index contributed by atoms with van der Waals surface area (Å²) in [7, 11) is 0. The fourth-order valence-corrected chi connectivity index (χ4v) is 3.30. The van der Waals surface area contributed by atoms with Crippen LogP contribution in [0.5, 0.6) is 0 Å². The van der Waals surface area contributed by atoms with Gasteiger partial charge in [-0.25, -0.2) is 0 Å². The summed E-state index contributed by atoms with van der Waals surface area (Å²) < 4.78 is 5.73. The molecular weight excluding hydrogens is 336 g/mol. The molecule has 5 heteroatoms. The molecule has 5 nitrogen and oxygen atoms in total. The van der Waals surface area contributed by atoms with Crippen molar-refractivity contribution in [2.24, 2.45) is 0 Å². The molecule has 0 atom stereocenters. The Labute approximate surface area is 163 Å². The van der Waals surface area contributed by atoms with Crippen molar-refractivity contribution in [1.29, 1.82) is 0 Å². The van der Waals surface area contributed by atoms with E-state index in [1.807, 2.05) is 24.3 Å². The van der Waals surface area contributed by atoms with Gasteiger partial charge in [-0.2, -0.15) is 0 Å². The van der Waals surface area contributed by atoms with Gasteiger partial charge >= 0.3 is 0 Å². The fourth-order valence-electron chi connectivity index (χ4n) is 3.30. The summed E-state index contributed by atoms with van der Waals surface area (Å²) in [6.45, 7) is 1.68. The zero-order valence-electron chi connectivity index (χ0n) is 16.3. The maximum absolute atomic E-state index is 5.81. The van der Waals surface area contributed by atoms with E-state index >= 15 is 0 Å². The quantitative estimate of drug-likeness (QED) is 0.331. The molecule has 2 aromatic rings. The summed E-state index contributed by atoms with van der Waals surface area (Å²) in [5.74, 6) is 0. The summed E-state index contributed by atoms with van der Waals surface area (Å²) >= 11 is 0. The number of hydrogen-bond donors (Lipinski definition) is 4. The topological polar surface area (TPSA) is 113 Å². The monoisotopic (exact) mass is 370 g/mol. The Hall–Kier alpha value is -2.40. The first kappa shape index (κ1) is 20.9. The number of nitrogens with two attached hydrogens (primary N) is 4. The molecule has 0 aliphatic carbocycles. The largest absolute Gasteiger partial charge is 0.399 e. The Balaban J connectivity index is 1.43. The van der Waals surface area contributed by atoms with Gasteiger partial charge in [-0.3, -0.25) is 0 Å². The van der Waals surface area contributed by atoms with Crippen LogP contribution in [0.25, 0.3) is 0 Å². The van der Waals surface area contributed by atoms with E-state index in [2.05, 4.69) is 0 Å². The van der Waals surface area contributed by atoms with Crippen LogP contribution in [0.3, 0.4) is 0 Å². The second kappa shape index (κ2) is 11.3. The minimum atomic E-state index is 0.743. The standard InChI is InChI=1S/C22H34N4O/c23-19-11-17(12-20(24)15-19)7-3-1-5-9-27-10-6-2-4-8-18-13-21(25)16-22(26)14-18/h11-16H,1-10,23-26H2. The molecule has 0 aliphatic heterocycles. The molecule has 8 N–H and O–H groups in total. The summed E-state index contributed by atoms with van der Waals surface area (Å²) in [5.41, 5.74) is 28.7. The van der Waals surface area contributed by atoms with Gasteiger partial charge in [-0.1, -0.05) is 12.8 Å². The molecule has 0 fully saturated rings. The molecule has 0 heterocycles. The smallest absolute Gasteiger partial charge is 0.0466 e. The van der Waals surface area contributed by atoms with E-state index < -0.39 is 0 Å². The normalized spacial score (nSPS) is 11.0. The van der Waals surface area contributed by atoms with Gasteiger partial charge in [0.1, 0.15) is 0 Å². The minimum Gasteiger partial charge on any atom is -0.399 e. The van der Waals surface area contributed by atoms with Crippen LogP contribution in [0.4, 0.5) is 22.7 Å². The van der Waals surface area contributed by atoms with Crippen LogP contribution in [0, 0.1) is 0 Å². The summed E-state index contributed by atoms with van der Waals surface area (Å²) in [5, 5.41) is 0. The van der Waals surface area contributed by atoms with Crippen LogP contribution in [0.15, 0.2) is 36.4 Å². The first-order chi connectivity index (χ1) is 13.0. The van der Waals surface area contributed by atoms with Crippen molar-refractivity contribution < 1.29 is 4.74 Å². The van der Waals surface area contributed by atoms with Crippen molar-refractivity contribution in [3.63, 3.8) is 0 Å². The molecule has 0 aliphatic rings. The highest BCUT2D eigenvalue weighted by molar-refractivity contribution is 5.55. The molecule has 0 saturated heterocycles. The Morgan fingerprint density at radius 3 is 1.22 bits per heavy atom. The predicted molar refractivity (Wildman–Crippen MR) is 116 cm³/mol. The number of benzene rings is 2. The lowest BCUT2D eigenvalue weighted by Crippen LogP contribution is -1.99. The molecule has 0 bridgehead atoms. The van der Waals surface area contributed by atoms with Gasteiger partial charge in [0.05, 0.1) is 0 Å². The Bertz CT molecular complexity index is 603. The molecule has 0 unspecified atom stereocenters. The van der Waals surface area contributed by atoms with E-state index in [-0.39, 0.29) is 0 Å². The van der Waals surface area contributed by atoms with Crippen LogP contribution in [-0.2, 0) is 17.6 Å². The second-order valence-electron chi connectivity index (χ2n) is 7.25. The fraction of sp³-hybridized carbons (Fsp3) is 0.455. The maximum Gasteiger partial charge on any atom is 0.0466 e. The van der Waals surface area contributed by atoms with Gasteiger partial charge in [-0.15, -0.1) is 0 Å².